The van der Waals surface area contributed by atoms with E-state index in [0.717, 1.165) is 19.1 Å². The van der Waals surface area contributed by atoms with Gasteiger partial charge < -0.3 is 19.9 Å². The number of aliphatic hydroxyl groups is 1. The highest BCUT2D eigenvalue weighted by atomic mass is 16.5. The Bertz CT molecular complexity index is 393. The van der Waals surface area contributed by atoms with Crippen molar-refractivity contribution in [1.29, 1.82) is 0 Å². The zero-order valence-corrected chi connectivity index (χ0v) is 12.2. The number of aliphatic hydroxyl groups excluding tert-OH is 1. The van der Waals surface area contributed by atoms with E-state index >= 15 is 0 Å². The van der Waals surface area contributed by atoms with Crippen molar-refractivity contribution in [1.82, 2.24) is 5.32 Å². The number of ether oxygens (including phenoxy) is 2. The van der Waals surface area contributed by atoms with Gasteiger partial charge in [0.05, 0.1) is 19.3 Å². The summed E-state index contributed by atoms with van der Waals surface area (Å²) in [6.45, 7) is 3.16. The molecule has 1 unspecified atom stereocenters. The van der Waals surface area contributed by atoms with Gasteiger partial charge in [-0.1, -0.05) is 24.3 Å². The lowest BCUT2D eigenvalue weighted by molar-refractivity contribution is 0.0324. The van der Waals surface area contributed by atoms with Crippen molar-refractivity contribution in [3.63, 3.8) is 0 Å². The summed E-state index contributed by atoms with van der Waals surface area (Å²) in [5, 5.41) is 13.0. The van der Waals surface area contributed by atoms with E-state index in [1.54, 1.807) is 7.11 Å². The predicted molar refractivity (Wildman–Crippen MR) is 78.4 cm³/mol. The van der Waals surface area contributed by atoms with Crippen LogP contribution in [0.3, 0.4) is 0 Å². The van der Waals surface area contributed by atoms with Crippen LogP contribution >= 0.6 is 0 Å². The van der Waals surface area contributed by atoms with Crippen molar-refractivity contribution in [2.45, 2.75) is 32.1 Å². The Morgan fingerprint density at radius 1 is 1.35 bits per heavy atom. The smallest absolute Gasteiger partial charge is 0.0897 e. The first-order chi connectivity index (χ1) is 9.78. The SMILES string of the molecule is COCc1cccc(CNCC(O)COCC2CC2)c1. The van der Waals surface area contributed by atoms with Gasteiger partial charge in [-0.25, -0.2) is 0 Å². The van der Waals surface area contributed by atoms with Crippen LogP contribution in [-0.2, 0) is 22.6 Å². The molecule has 1 aromatic rings. The highest BCUT2D eigenvalue weighted by Gasteiger charge is 2.21. The van der Waals surface area contributed by atoms with Gasteiger partial charge in [-0.2, -0.15) is 0 Å². The third-order valence-electron chi connectivity index (χ3n) is 3.37. The molecule has 4 heteroatoms. The van der Waals surface area contributed by atoms with Gasteiger partial charge in [0.1, 0.15) is 0 Å². The van der Waals surface area contributed by atoms with E-state index < -0.39 is 6.10 Å². The first kappa shape index (κ1) is 15.4. The monoisotopic (exact) mass is 279 g/mol. The minimum atomic E-state index is -0.434. The van der Waals surface area contributed by atoms with Crippen molar-refractivity contribution in [2.75, 3.05) is 26.9 Å². The summed E-state index contributed by atoms with van der Waals surface area (Å²) < 4.78 is 10.6. The number of methoxy groups -OCH3 is 1. The first-order valence-corrected chi connectivity index (χ1v) is 7.31. The molecule has 0 aromatic heterocycles. The lowest BCUT2D eigenvalue weighted by atomic mass is 10.1. The zero-order valence-electron chi connectivity index (χ0n) is 12.2. The largest absolute Gasteiger partial charge is 0.389 e. The topological polar surface area (TPSA) is 50.7 Å². The van der Waals surface area contributed by atoms with E-state index in [1.165, 1.54) is 24.0 Å². The highest BCUT2D eigenvalue weighted by Crippen LogP contribution is 2.28. The molecule has 1 aliphatic rings. The molecule has 0 saturated heterocycles. The minimum absolute atomic E-state index is 0.424. The molecule has 2 N–H and O–H groups in total. The Morgan fingerprint density at radius 3 is 2.90 bits per heavy atom. The average Bonchev–Trinajstić information content (AvgIpc) is 3.24. The summed E-state index contributed by atoms with van der Waals surface area (Å²) in [7, 11) is 1.70. The summed E-state index contributed by atoms with van der Waals surface area (Å²) >= 11 is 0. The van der Waals surface area contributed by atoms with Gasteiger partial charge in [0, 0.05) is 26.8 Å². The van der Waals surface area contributed by atoms with Gasteiger partial charge >= 0.3 is 0 Å². The van der Waals surface area contributed by atoms with Crippen molar-refractivity contribution >= 4 is 0 Å². The van der Waals surface area contributed by atoms with Gasteiger partial charge in [-0.3, -0.25) is 0 Å². The summed E-state index contributed by atoms with van der Waals surface area (Å²) in [6, 6.07) is 8.27. The van der Waals surface area contributed by atoms with Crippen molar-refractivity contribution in [2.24, 2.45) is 5.92 Å². The molecule has 0 amide bonds. The third kappa shape index (κ3) is 6.01. The van der Waals surface area contributed by atoms with E-state index in [1.807, 2.05) is 12.1 Å². The fraction of sp³-hybridized carbons (Fsp3) is 0.625. The van der Waals surface area contributed by atoms with Crippen molar-refractivity contribution in [3.8, 4) is 0 Å². The van der Waals surface area contributed by atoms with Gasteiger partial charge in [0.15, 0.2) is 0 Å². The third-order valence-corrected chi connectivity index (χ3v) is 3.37. The van der Waals surface area contributed by atoms with Gasteiger partial charge in [-0.15, -0.1) is 0 Å². The van der Waals surface area contributed by atoms with Gasteiger partial charge in [0.25, 0.3) is 0 Å². The maximum absolute atomic E-state index is 9.79. The lowest BCUT2D eigenvalue weighted by Crippen LogP contribution is -2.30. The molecule has 1 aliphatic carbocycles. The van der Waals surface area contributed by atoms with E-state index in [9.17, 15) is 5.11 Å². The molecular weight excluding hydrogens is 254 g/mol. The second-order valence-electron chi connectivity index (χ2n) is 5.52. The van der Waals surface area contributed by atoms with Gasteiger partial charge in [-0.05, 0) is 29.9 Å². The maximum Gasteiger partial charge on any atom is 0.0897 e. The second kappa shape index (κ2) is 8.37. The molecule has 1 fully saturated rings. The number of nitrogens with one attached hydrogen (secondary N) is 1. The van der Waals surface area contributed by atoms with E-state index in [0.29, 0.717) is 19.8 Å². The predicted octanol–water partition coefficient (Wildman–Crippen LogP) is 1.71. The molecule has 2 rings (SSSR count). The van der Waals surface area contributed by atoms with Crippen LogP contribution in [0.15, 0.2) is 24.3 Å². The fourth-order valence-corrected chi connectivity index (χ4v) is 2.09. The molecule has 0 radical (unpaired) electrons. The molecule has 1 saturated carbocycles. The second-order valence-corrected chi connectivity index (χ2v) is 5.52. The molecule has 112 valence electrons. The maximum atomic E-state index is 9.79. The number of hydrogen-bond acceptors (Lipinski definition) is 4. The Labute approximate surface area is 121 Å². The fourth-order valence-electron chi connectivity index (χ4n) is 2.09. The van der Waals surface area contributed by atoms with Crippen LogP contribution in [-0.4, -0.2) is 38.1 Å². The Morgan fingerprint density at radius 2 is 2.15 bits per heavy atom. The molecule has 1 atom stereocenters. The Hall–Kier alpha value is -0.940. The molecule has 4 nitrogen and oxygen atoms in total. The average molecular weight is 279 g/mol. The lowest BCUT2D eigenvalue weighted by Gasteiger charge is -2.12. The molecule has 0 aliphatic heterocycles. The minimum Gasteiger partial charge on any atom is -0.389 e. The first-order valence-electron chi connectivity index (χ1n) is 7.31. The van der Waals surface area contributed by atoms with Crippen LogP contribution < -0.4 is 5.32 Å². The Balaban J connectivity index is 1.60. The summed E-state index contributed by atoms with van der Waals surface area (Å²) in [4.78, 5) is 0. The van der Waals surface area contributed by atoms with Crippen LogP contribution in [0.2, 0.25) is 0 Å². The van der Waals surface area contributed by atoms with Crippen LogP contribution in [0.5, 0.6) is 0 Å². The molecular formula is C16H25NO3. The highest BCUT2D eigenvalue weighted by molar-refractivity contribution is 5.22. The summed E-state index contributed by atoms with van der Waals surface area (Å²) in [5.41, 5.74) is 2.37. The van der Waals surface area contributed by atoms with E-state index in [4.69, 9.17) is 9.47 Å². The number of benzene rings is 1. The van der Waals surface area contributed by atoms with Crippen LogP contribution in [0.4, 0.5) is 0 Å². The van der Waals surface area contributed by atoms with Gasteiger partial charge in [0.2, 0.25) is 0 Å². The van der Waals surface area contributed by atoms with Crippen LogP contribution in [0.25, 0.3) is 0 Å². The quantitative estimate of drug-likeness (QED) is 0.684. The summed E-state index contributed by atoms with van der Waals surface area (Å²) in [5.74, 6) is 0.749. The van der Waals surface area contributed by atoms with E-state index in [-0.39, 0.29) is 0 Å². The number of rotatable bonds is 10. The standard InChI is InChI=1S/C16H25NO3/c1-19-10-15-4-2-3-14(7-15)8-17-9-16(18)12-20-11-13-5-6-13/h2-4,7,13,16-18H,5-6,8-12H2,1H3. The molecule has 0 bridgehead atoms. The van der Waals surface area contributed by atoms with Crippen molar-refractivity contribution in [3.05, 3.63) is 35.4 Å². The van der Waals surface area contributed by atoms with Crippen molar-refractivity contribution < 1.29 is 14.6 Å². The van der Waals surface area contributed by atoms with Crippen LogP contribution in [0.1, 0.15) is 24.0 Å². The van der Waals surface area contributed by atoms with Crippen LogP contribution in [0, 0.1) is 5.92 Å². The number of hydrogen-bond donors (Lipinski definition) is 2. The Kier molecular flexibility index (Phi) is 6.47. The molecule has 20 heavy (non-hydrogen) atoms. The summed E-state index contributed by atoms with van der Waals surface area (Å²) in [6.07, 6.45) is 2.13. The molecule has 0 spiro atoms. The van der Waals surface area contributed by atoms with E-state index in [2.05, 4.69) is 17.4 Å². The molecule has 0 heterocycles. The molecule has 1 aromatic carbocycles. The zero-order chi connectivity index (χ0) is 14.2. The normalized spacial score (nSPS) is 16.3.